The summed E-state index contributed by atoms with van der Waals surface area (Å²) in [5.74, 6) is -0.133. The first-order chi connectivity index (χ1) is 15.7. The van der Waals surface area contributed by atoms with Gasteiger partial charge in [-0.25, -0.2) is 22.2 Å². The summed E-state index contributed by atoms with van der Waals surface area (Å²) >= 11 is 6.07. The van der Waals surface area contributed by atoms with Crippen LogP contribution in [0.3, 0.4) is 0 Å². The minimum absolute atomic E-state index is 0.196. The number of carbonyl (C=O) groups is 1. The van der Waals surface area contributed by atoms with Crippen LogP contribution in [0, 0.1) is 0 Å². The minimum Gasteiger partial charge on any atom is -0.465 e. The lowest BCUT2D eigenvalue weighted by Crippen LogP contribution is -2.16. The van der Waals surface area contributed by atoms with Crippen molar-refractivity contribution >= 4 is 38.6 Å². The summed E-state index contributed by atoms with van der Waals surface area (Å²) in [5.41, 5.74) is 3.81. The lowest BCUT2D eigenvalue weighted by Gasteiger charge is -2.13. The summed E-state index contributed by atoms with van der Waals surface area (Å²) < 4.78 is 33.5. The number of benzene rings is 2. The van der Waals surface area contributed by atoms with E-state index in [1.54, 1.807) is 54.6 Å². The van der Waals surface area contributed by atoms with Crippen molar-refractivity contribution < 1.29 is 17.9 Å². The largest absolute Gasteiger partial charge is 0.465 e. The van der Waals surface area contributed by atoms with Gasteiger partial charge in [0.25, 0.3) is 10.0 Å². The van der Waals surface area contributed by atoms with Crippen molar-refractivity contribution in [3.63, 3.8) is 0 Å². The fraction of sp³-hybridized carbons (Fsp3) is 0.200. The number of carbonyl (C=O) groups excluding carboxylic acids is 1. The fourth-order valence-electron chi connectivity index (χ4n) is 3.71. The van der Waals surface area contributed by atoms with E-state index in [0.29, 0.717) is 34.6 Å². The molecule has 0 atom stereocenters. The zero-order chi connectivity index (χ0) is 23.8. The van der Waals surface area contributed by atoms with Gasteiger partial charge in [0.15, 0.2) is 0 Å². The Kier molecular flexibility index (Phi) is 6.28. The molecule has 0 amide bonds. The number of nitrogens with zero attached hydrogens (tertiary/aromatic N) is 2. The Hall–Kier alpha value is -3.16. The predicted molar refractivity (Wildman–Crippen MR) is 128 cm³/mol. The average Bonchev–Trinajstić information content (AvgIpc) is 3.16. The summed E-state index contributed by atoms with van der Waals surface area (Å²) in [7, 11) is -2.57. The van der Waals surface area contributed by atoms with Gasteiger partial charge < -0.3 is 4.74 Å². The van der Waals surface area contributed by atoms with Crippen molar-refractivity contribution in [2.24, 2.45) is 0 Å². The van der Waals surface area contributed by atoms with Gasteiger partial charge >= 0.3 is 5.97 Å². The molecule has 0 saturated carbocycles. The number of esters is 1. The number of ether oxygens (including phenoxy) is 1. The molecule has 33 heavy (non-hydrogen) atoms. The number of hydrogen-bond donors (Lipinski definition) is 0. The second kappa shape index (κ2) is 9.00. The first kappa shape index (κ1) is 23.0. The molecule has 0 unspecified atom stereocenters. The van der Waals surface area contributed by atoms with Gasteiger partial charge in [0.2, 0.25) is 0 Å². The molecule has 2 aromatic carbocycles. The smallest absolute Gasteiger partial charge is 0.337 e. The fourth-order valence-corrected chi connectivity index (χ4v) is 5.40. The number of hydrogen-bond acceptors (Lipinski definition) is 5. The molecular weight excluding hydrogens is 460 g/mol. The van der Waals surface area contributed by atoms with E-state index in [0.717, 1.165) is 11.1 Å². The van der Waals surface area contributed by atoms with Crippen molar-refractivity contribution in [2.45, 2.75) is 31.1 Å². The van der Waals surface area contributed by atoms with Crippen LogP contribution in [0.15, 0.2) is 71.6 Å². The number of fused-ring (bicyclic) bond motifs is 1. The molecule has 0 aliphatic rings. The van der Waals surface area contributed by atoms with E-state index in [9.17, 15) is 13.2 Å². The highest BCUT2D eigenvalue weighted by Crippen LogP contribution is 2.28. The number of pyridine rings is 1. The second-order valence-corrected chi connectivity index (χ2v) is 10.2. The van der Waals surface area contributed by atoms with Gasteiger partial charge in [-0.2, -0.15) is 0 Å². The molecule has 8 heteroatoms. The average molecular weight is 483 g/mol. The normalized spacial score (nSPS) is 11.8. The van der Waals surface area contributed by atoms with E-state index < -0.39 is 16.0 Å². The van der Waals surface area contributed by atoms with Crippen LogP contribution in [0.1, 0.15) is 46.9 Å². The number of aromatic nitrogens is 2. The SMILES string of the molecule is COC(=O)c1ccc(Cc2cc3nc(Cl)ccc3n2S(=O)(=O)c2ccc(C(C)C)cc2)cc1. The van der Waals surface area contributed by atoms with Gasteiger partial charge in [0.05, 0.1) is 28.6 Å². The van der Waals surface area contributed by atoms with Gasteiger partial charge in [-0.15, -0.1) is 0 Å². The molecule has 2 aromatic heterocycles. The van der Waals surface area contributed by atoms with Crippen molar-refractivity contribution in [2.75, 3.05) is 7.11 Å². The standard InChI is InChI=1S/C25H23ClN2O4S/c1-16(2)18-8-10-21(11-9-18)33(30,31)28-20(15-22-23(28)12-13-24(26)27-22)14-17-4-6-19(7-5-17)25(29)32-3/h4-13,15-16H,14H2,1-3H3. The maximum absolute atomic E-state index is 13.7. The zero-order valence-electron chi connectivity index (χ0n) is 18.4. The van der Waals surface area contributed by atoms with Crippen LogP contribution >= 0.6 is 11.6 Å². The molecule has 0 aliphatic carbocycles. The van der Waals surface area contributed by atoms with Crippen LogP contribution in [0.25, 0.3) is 11.0 Å². The van der Waals surface area contributed by atoms with E-state index in [-0.39, 0.29) is 10.0 Å². The third-order valence-electron chi connectivity index (χ3n) is 5.50. The van der Waals surface area contributed by atoms with Crippen LogP contribution in [-0.2, 0) is 21.2 Å². The Balaban J connectivity index is 1.81. The van der Waals surface area contributed by atoms with E-state index in [1.165, 1.54) is 11.1 Å². The third kappa shape index (κ3) is 4.51. The second-order valence-electron chi connectivity index (χ2n) is 8.03. The summed E-state index contributed by atoms with van der Waals surface area (Å²) in [6.45, 7) is 4.11. The molecule has 2 heterocycles. The maximum Gasteiger partial charge on any atom is 0.337 e. The summed E-state index contributed by atoms with van der Waals surface area (Å²) in [6, 6.07) is 18.8. The van der Waals surface area contributed by atoms with Gasteiger partial charge in [-0.3, -0.25) is 0 Å². The van der Waals surface area contributed by atoms with Gasteiger partial charge in [0.1, 0.15) is 5.15 Å². The van der Waals surface area contributed by atoms with Crippen molar-refractivity contribution in [1.29, 1.82) is 0 Å². The topological polar surface area (TPSA) is 78.3 Å². The van der Waals surface area contributed by atoms with Crippen LogP contribution < -0.4 is 0 Å². The van der Waals surface area contributed by atoms with E-state index in [4.69, 9.17) is 16.3 Å². The van der Waals surface area contributed by atoms with Gasteiger partial charge in [0, 0.05) is 12.1 Å². The highest BCUT2D eigenvalue weighted by atomic mass is 35.5. The summed E-state index contributed by atoms with van der Waals surface area (Å²) in [5, 5.41) is 0.285. The van der Waals surface area contributed by atoms with Crippen molar-refractivity contribution in [3.8, 4) is 0 Å². The molecule has 0 fully saturated rings. The van der Waals surface area contributed by atoms with Crippen LogP contribution in [0.5, 0.6) is 0 Å². The lowest BCUT2D eigenvalue weighted by molar-refractivity contribution is 0.0600. The van der Waals surface area contributed by atoms with Crippen molar-refractivity contribution in [1.82, 2.24) is 8.96 Å². The Morgan fingerprint density at radius 1 is 1.03 bits per heavy atom. The predicted octanol–water partition coefficient (Wildman–Crippen LogP) is 5.43. The first-order valence-electron chi connectivity index (χ1n) is 10.4. The summed E-state index contributed by atoms with van der Waals surface area (Å²) in [6.07, 6.45) is 0.318. The van der Waals surface area contributed by atoms with E-state index >= 15 is 0 Å². The molecule has 4 rings (SSSR count). The lowest BCUT2D eigenvalue weighted by atomic mass is 10.0. The van der Waals surface area contributed by atoms with Crippen LogP contribution in [0.4, 0.5) is 0 Å². The molecule has 6 nitrogen and oxygen atoms in total. The molecule has 0 radical (unpaired) electrons. The van der Waals surface area contributed by atoms with Gasteiger partial charge in [-0.05, 0) is 59.5 Å². The first-order valence-corrected chi connectivity index (χ1v) is 12.2. The Bertz CT molecular complexity index is 1420. The molecule has 170 valence electrons. The number of methoxy groups -OCH3 is 1. The monoisotopic (exact) mass is 482 g/mol. The maximum atomic E-state index is 13.7. The number of rotatable bonds is 6. The molecule has 0 aliphatic heterocycles. The highest BCUT2D eigenvalue weighted by Gasteiger charge is 2.24. The Labute approximate surface area is 197 Å². The zero-order valence-corrected chi connectivity index (χ0v) is 20.0. The van der Waals surface area contributed by atoms with Crippen molar-refractivity contribution in [3.05, 3.63) is 94.3 Å². The number of halogens is 1. The molecule has 0 bridgehead atoms. The van der Waals surface area contributed by atoms with Crippen LogP contribution in [0.2, 0.25) is 5.15 Å². The quantitative estimate of drug-likeness (QED) is 0.270. The minimum atomic E-state index is -3.89. The summed E-state index contributed by atoms with van der Waals surface area (Å²) in [4.78, 5) is 16.2. The molecule has 0 N–H and O–H groups in total. The Morgan fingerprint density at radius 2 is 1.70 bits per heavy atom. The molecule has 4 aromatic rings. The highest BCUT2D eigenvalue weighted by molar-refractivity contribution is 7.90. The Morgan fingerprint density at radius 3 is 2.30 bits per heavy atom. The van der Waals surface area contributed by atoms with E-state index in [2.05, 4.69) is 18.8 Å². The molecule has 0 spiro atoms. The van der Waals surface area contributed by atoms with Crippen LogP contribution in [-0.4, -0.2) is 30.5 Å². The molecular formula is C25H23ClN2O4S. The molecule has 0 saturated heterocycles. The van der Waals surface area contributed by atoms with E-state index in [1.807, 2.05) is 12.1 Å². The third-order valence-corrected chi connectivity index (χ3v) is 7.49. The van der Waals surface area contributed by atoms with Gasteiger partial charge in [-0.1, -0.05) is 49.7 Å².